The van der Waals surface area contributed by atoms with Gasteiger partial charge in [-0.3, -0.25) is 13.9 Å². The quantitative estimate of drug-likeness (QED) is 0.448. The Morgan fingerprint density at radius 3 is 2.26 bits per heavy atom. The van der Waals surface area contributed by atoms with Gasteiger partial charge in [0.25, 0.3) is 0 Å². The SMILES string of the molecule is CCCNC(=O)C(C)N(CCc1ccccc1)C(=O)CN(c1ccc(OC)c(OC)c1)S(C)(=O)=O. The van der Waals surface area contributed by atoms with Crippen molar-refractivity contribution >= 4 is 27.5 Å². The molecule has 9 nitrogen and oxygen atoms in total. The summed E-state index contributed by atoms with van der Waals surface area (Å²) < 4.78 is 36.9. The van der Waals surface area contributed by atoms with Crippen molar-refractivity contribution in [2.75, 3.05) is 44.4 Å². The number of ether oxygens (including phenoxy) is 2. The Hall–Kier alpha value is -3.27. The molecule has 192 valence electrons. The van der Waals surface area contributed by atoms with Crippen LogP contribution < -0.4 is 19.1 Å². The summed E-state index contributed by atoms with van der Waals surface area (Å²) in [4.78, 5) is 27.6. The molecule has 2 aromatic carbocycles. The van der Waals surface area contributed by atoms with Gasteiger partial charge in [-0.15, -0.1) is 0 Å². The van der Waals surface area contributed by atoms with E-state index in [0.717, 1.165) is 22.5 Å². The Balaban J connectivity index is 2.34. The molecule has 0 bridgehead atoms. The molecule has 2 aromatic rings. The monoisotopic (exact) mass is 505 g/mol. The first-order chi connectivity index (χ1) is 16.6. The molecule has 0 aliphatic heterocycles. The van der Waals surface area contributed by atoms with E-state index in [-0.39, 0.29) is 18.1 Å². The number of carbonyl (C=O) groups is 2. The van der Waals surface area contributed by atoms with Crippen LogP contribution >= 0.6 is 0 Å². The Labute approximate surface area is 208 Å². The average Bonchev–Trinajstić information content (AvgIpc) is 2.85. The van der Waals surface area contributed by atoms with Crippen molar-refractivity contribution < 1.29 is 27.5 Å². The van der Waals surface area contributed by atoms with E-state index >= 15 is 0 Å². The van der Waals surface area contributed by atoms with Gasteiger partial charge in [-0.05, 0) is 37.5 Å². The lowest BCUT2D eigenvalue weighted by Crippen LogP contribution is -2.52. The first kappa shape index (κ1) is 28.0. The van der Waals surface area contributed by atoms with E-state index in [4.69, 9.17) is 9.47 Å². The van der Waals surface area contributed by atoms with Gasteiger partial charge in [0.05, 0.1) is 26.2 Å². The highest BCUT2D eigenvalue weighted by Gasteiger charge is 2.30. The van der Waals surface area contributed by atoms with Crippen LogP contribution in [0.15, 0.2) is 48.5 Å². The van der Waals surface area contributed by atoms with Gasteiger partial charge in [0.2, 0.25) is 21.8 Å². The van der Waals surface area contributed by atoms with E-state index in [2.05, 4.69) is 5.32 Å². The Morgan fingerprint density at radius 1 is 1.03 bits per heavy atom. The summed E-state index contributed by atoms with van der Waals surface area (Å²) in [6, 6.07) is 13.4. The summed E-state index contributed by atoms with van der Waals surface area (Å²) in [6.07, 6.45) is 2.31. The third-order valence-electron chi connectivity index (χ3n) is 5.54. The van der Waals surface area contributed by atoms with E-state index in [0.29, 0.717) is 24.5 Å². The number of rotatable bonds is 13. The van der Waals surface area contributed by atoms with Crippen LogP contribution in [-0.2, 0) is 26.0 Å². The van der Waals surface area contributed by atoms with Crippen molar-refractivity contribution in [1.29, 1.82) is 0 Å². The lowest BCUT2D eigenvalue weighted by Gasteiger charge is -2.31. The number of hydrogen-bond donors (Lipinski definition) is 1. The zero-order valence-corrected chi connectivity index (χ0v) is 21.8. The van der Waals surface area contributed by atoms with E-state index in [9.17, 15) is 18.0 Å². The molecule has 0 fully saturated rings. The first-order valence-electron chi connectivity index (χ1n) is 11.4. The average molecular weight is 506 g/mol. The van der Waals surface area contributed by atoms with Crippen molar-refractivity contribution in [1.82, 2.24) is 10.2 Å². The van der Waals surface area contributed by atoms with E-state index in [1.165, 1.54) is 25.2 Å². The minimum absolute atomic E-state index is 0.254. The maximum atomic E-state index is 13.5. The van der Waals surface area contributed by atoms with Gasteiger partial charge in [0, 0.05) is 19.2 Å². The highest BCUT2D eigenvalue weighted by atomic mass is 32.2. The fourth-order valence-electron chi connectivity index (χ4n) is 3.56. The largest absolute Gasteiger partial charge is 0.493 e. The van der Waals surface area contributed by atoms with Gasteiger partial charge in [-0.2, -0.15) is 0 Å². The lowest BCUT2D eigenvalue weighted by molar-refractivity contribution is -0.138. The van der Waals surface area contributed by atoms with Gasteiger partial charge >= 0.3 is 0 Å². The van der Waals surface area contributed by atoms with Gasteiger partial charge in [0.15, 0.2) is 11.5 Å². The third kappa shape index (κ3) is 7.88. The predicted molar refractivity (Wildman–Crippen MR) is 136 cm³/mol. The highest BCUT2D eigenvalue weighted by molar-refractivity contribution is 7.92. The number of nitrogens with zero attached hydrogens (tertiary/aromatic N) is 2. The summed E-state index contributed by atoms with van der Waals surface area (Å²) in [7, 11) is -0.908. The molecule has 0 heterocycles. The summed E-state index contributed by atoms with van der Waals surface area (Å²) >= 11 is 0. The number of methoxy groups -OCH3 is 2. The fourth-order valence-corrected chi connectivity index (χ4v) is 4.40. The number of amides is 2. The van der Waals surface area contributed by atoms with Crippen molar-refractivity contribution in [2.24, 2.45) is 0 Å². The Morgan fingerprint density at radius 2 is 1.69 bits per heavy atom. The Kier molecular flexibility index (Phi) is 10.4. The molecular formula is C25H35N3O6S. The summed E-state index contributed by atoms with van der Waals surface area (Å²) in [5.74, 6) is -0.00773. The topological polar surface area (TPSA) is 105 Å². The van der Waals surface area contributed by atoms with Crippen LogP contribution in [0.3, 0.4) is 0 Å². The smallest absolute Gasteiger partial charge is 0.244 e. The maximum Gasteiger partial charge on any atom is 0.244 e. The van der Waals surface area contributed by atoms with Crippen molar-refractivity contribution in [3.63, 3.8) is 0 Å². The van der Waals surface area contributed by atoms with Crippen molar-refractivity contribution in [3.8, 4) is 11.5 Å². The molecule has 1 atom stereocenters. The summed E-state index contributed by atoms with van der Waals surface area (Å²) in [5.41, 5.74) is 1.26. The van der Waals surface area contributed by atoms with E-state index < -0.39 is 28.5 Å². The molecule has 0 aliphatic rings. The molecule has 1 N–H and O–H groups in total. The molecule has 2 amide bonds. The van der Waals surface area contributed by atoms with Crippen LogP contribution in [0.1, 0.15) is 25.8 Å². The molecule has 0 saturated carbocycles. The summed E-state index contributed by atoms with van der Waals surface area (Å²) in [5, 5.41) is 2.81. The van der Waals surface area contributed by atoms with E-state index in [1.807, 2.05) is 37.3 Å². The van der Waals surface area contributed by atoms with Crippen LogP contribution in [0.5, 0.6) is 11.5 Å². The zero-order valence-electron chi connectivity index (χ0n) is 21.0. The van der Waals surface area contributed by atoms with Crippen LogP contribution in [0.25, 0.3) is 0 Å². The zero-order chi connectivity index (χ0) is 26.0. The number of carbonyl (C=O) groups excluding carboxylic acids is 2. The molecule has 35 heavy (non-hydrogen) atoms. The molecule has 0 saturated heterocycles. The Bertz CT molecular complexity index is 1090. The number of sulfonamides is 1. The number of hydrogen-bond acceptors (Lipinski definition) is 6. The normalized spacial score (nSPS) is 11.9. The number of nitrogens with one attached hydrogen (secondary N) is 1. The molecule has 0 radical (unpaired) electrons. The molecular weight excluding hydrogens is 470 g/mol. The predicted octanol–water partition coefficient (Wildman–Crippen LogP) is 2.46. The van der Waals surface area contributed by atoms with Crippen LogP contribution in [-0.4, -0.2) is 71.3 Å². The van der Waals surface area contributed by atoms with Crippen molar-refractivity contribution in [3.05, 3.63) is 54.1 Å². The minimum atomic E-state index is -3.83. The lowest BCUT2D eigenvalue weighted by atomic mass is 10.1. The molecule has 1 unspecified atom stereocenters. The highest BCUT2D eigenvalue weighted by Crippen LogP contribution is 2.32. The van der Waals surface area contributed by atoms with Crippen molar-refractivity contribution in [2.45, 2.75) is 32.7 Å². The van der Waals surface area contributed by atoms with Crippen LogP contribution in [0, 0.1) is 0 Å². The second-order valence-electron chi connectivity index (χ2n) is 8.10. The molecule has 0 aliphatic carbocycles. The first-order valence-corrected chi connectivity index (χ1v) is 13.3. The number of benzene rings is 2. The summed E-state index contributed by atoms with van der Waals surface area (Å²) in [6.45, 7) is 3.87. The molecule has 0 spiro atoms. The van der Waals surface area contributed by atoms with Gasteiger partial charge in [0.1, 0.15) is 12.6 Å². The molecule has 10 heteroatoms. The maximum absolute atomic E-state index is 13.5. The second kappa shape index (κ2) is 13.0. The van der Waals surface area contributed by atoms with Gasteiger partial charge < -0.3 is 19.7 Å². The molecule has 2 rings (SSSR count). The molecule has 0 aromatic heterocycles. The minimum Gasteiger partial charge on any atom is -0.493 e. The van der Waals surface area contributed by atoms with Gasteiger partial charge in [-0.1, -0.05) is 37.3 Å². The third-order valence-corrected chi connectivity index (χ3v) is 6.68. The van der Waals surface area contributed by atoms with Crippen LogP contribution in [0.4, 0.5) is 5.69 Å². The van der Waals surface area contributed by atoms with E-state index in [1.54, 1.807) is 19.1 Å². The van der Waals surface area contributed by atoms with Gasteiger partial charge in [-0.25, -0.2) is 8.42 Å². The standard InChI is InChI=1S/C25H35N3O6S/c1-6-15-26-25(30)19(2)27(16-14-20-10-8-7-9-11-20)24(29)18-28(35(5,31)32)21-12-13-22(33-3)23(17-21)34-4/h7-13,17,19H,6,14-16,18H2,1-5H3,(H,26,30). The van der Waals surface area contributed by atoms with Crippen LogP contribution in [0.2, 0.25) is 0 Å². The fraction of sp³-hybridized carbons (Fsp3) is 0.440. The second-order valence-corrected chi connectivity index (χ2v) is 10.0. The number of anilines is 1.